The van der Waals surface area contributed by atoms with Gasteiger partial charge in [-0.25, -0.2) is 21.6 Å². The van der Waals surface area contributed by atoms with Crippen molar-refractivity contribution in [1.82, 2.24) is 9.03 Å². The normalized spacial score (nSPS) is 15.4. The first-order valence-electron chi connectivity index (χ1n) is 9.72. The number of ether oxygens (including phenoxy) is 1. The van der Waals surface area contributed by atoms with Crippen LogP contribution in [-0.2, 0) is 20.0 Å². The molecule has 1 amide bonds. The fourth-order valence-electron chi connectivity index (χ4n) is 3.32. The van der Waals surface area contributed by atoms with Crippen LogP contribution in [0, 0.1) is 0 Å². The monoisotopic (exact) mass is 467 g/mol. The third kappa shape index (κ3) is 5.06. The highest BCUT2D eigenvalue weighted by Gasteiger charge is 2.27. The van der Waals surface area contributed by atoms with Crippen LogP contribution in [0.25, 0.3) is 0 Å². The molecule has 31 heavy (non-hydrogen) atoms. The number of carbonyl (C=O) groups excluding carboxylic acids is 1. The van der Waals surface area contributed by atoms with Crippen molar-refractivity contribution in [3.63, 3.8) is 0 Å². The van der Waals surface area contributed by atoms with Crippen LogP contribution in [-0.4, -0.2) is 54.3 Å². The molecule has 168 valence electrons. The number of nitrogens with zero attached hydrogens (tertiary/aromatic N) is 1. The molecule has 0 atom stereocenters. The Hall–Kier alpha value is -2.47. The molecule has 9 nitrogen and oxygen atoms in total. The molecule has 2 aromatic rings. The summed E-state index contributed by atoms with van der Waals surface area (Å²) in [6.07, 6.45) is 2.62. The minimum absolute atomic E-state index is 0.0528. The maximum Gasteiger partial charge on any atom is 0.255 e. The zero-order valence-corrected chi connectivity index (χ0v) is 18.9. The Morgan fingerprint density at radius 3 is 2.32 bits per heavy atom. The maximum atomic E-state index is 13.0. The summed E-state index contributed by atoms with van der Waals surface area (Å²) in [6, 6.07) is 9.80. The van der Waals surface area contributed by atoms with Gasteiger partial charge in [-0.3, -0.25) is 4.79 Å². The van der Waals surface area contributed by atoms with E-state index in [0.717, 1.165) is 19.3 Å². The van der Waals surface area contributed by atoms with Gasteiger partial charge in [0.05, 0.1) is 22.6 Å². The number of hydrogen-bond donors (Lipinski definition) is 2. The summed E-state index contributed by atoms with van der Waals surface area (Å²) < 4.78 is 58.9. The van der Waals surface area contributed by atoms with Crippen LogP contribution in [0.15, 0.2) is 52.3 Å². The Bertz CT molecular complexity index is 1170. The second-order valence-corrected chi connectivity index (χ2v) is 10.8. The number of rotatable bonds is 7. The molecule has 0 aromatic heterocycles. The molecular formula is C20H25N3O6S2. The predicted octanol–water partition coefficient (Wildman–Crippen LogP) is 2.03. The summed E-state index contributed by atoms with van der Waals surface area (Å²) in [7, 11) is -4.73. The minimum atomic E-state index is -3.72. The van der Waals surface area contributed by atoms with Crippen molar-refractivity contribution < 1.29 is 26.4 Å². The summed E-state index contributed by atoms with van der Waals surface area (Å²) in [5.41, 5.74) is 0.273. The Balaban J connectivity index is 1.91. The van der Waals surface area contributed by atoms with E-state index in [1.54, 1.807) is 0 Å². The van der Waals surface area contributed by atoms with E-state index >= 15 is 0 Å². The number of carbonyl (C=O) groups is 1. The SMILES string of the molecule is CNS(=O)(=O)c1cccc(C(=O)Nc2cc(S(=O)(=O)N3CCCCC3)ccc2OC)c1. The predicted molar refractivity (Wildman–Crippen MR) is 116 cm³/mol. The Labute approximate surface area is 182 Å². The summed E-state index contributed by atoms with van der Waals surface area (Å²) in [5.74, 6) is -0.316. The Kier molecular flexibility index (Phi) is 6.99. The lowest BCUT2D eigenvalue weighted by molar-refractivity contribution is 0.102. The first kappa shape index (κ1) is 23.2. The fraction of sp³-hybridized carbons (Fsp3) is 0.350. The quantitative estimate of drug-likeness (QED) is 0.643. The molecule has 0 spiro atoms. The Morgan fingerprint density at radius 1 is 0.968 bits per heavy atom. The Morgan fingerprint density at radius 2 is 1.68 bits per heavy atom. The number of nitrogens with one attached hydrogen (secondary N) is 2. The summed E-state index contributed by atoms with van der Waals surface area (Å²) in [6.45, 7) is 0.922. The van der Waals surface area contributed by atoms with Gasteiger partial charge in [0.25, 0.3) is 5.91 Å². The smallest absolute Gasteiger partial charge is 0.255 e. The highest BCUT2D eigenvalue weighted by molar-refractivity contribution is 7.89. The number of anilines is 1. The third-order valence-electron chi connectivity index (χ3n) is 5.05. The van der Waals surface area contributed by atoms with Crippen molar-refractivity contribution in [3.05, 3.63) is 48.0 Å². The van der Waals surface area contributed by atoms with Crippen molar-refractivity contribution >= 4 is 31.6 Å². The van der Waals surface area contributed by atoms with Gasteiger partial charge in [-0.15, -0.1) is 0 Å². The first-order valence-corrected chi connectivity index (χ1v) is 12.6. The summed E-state index contributed by atoms with van der Waals surface area (Å²) in [4.78, 5) is 12.8. The van der Waals surface area contributed by atoms with E-state index < -0.39 is 26.0 Å². The standard InChI is InChI=1S/C20H25N3O6S2/c1-21-30(25,26)16-8-6-7-15(13-16)20(24)22-18-14-17(9-10-19(18)29-2)31(27,28)23-11-4-3-5-12-23/h6-10,13-14,21H,3-5,11-12H2,1-2H3,(H,22,24). The molecule has 1 aliphatic heterocycles. The highest BCUT2D eigenvalue weighted by Crippen LogP contribution is 2.30. The van der Waals surface area contributed by atoms with Crippen molar-refractivity contribution in [2.24, 2.45) is 0 Å². The zero-order valence-electron chi connectivity index (χ0n) is 17.3. The highest BCUT2D eigenvalue weighted by atomic mass is 32.2. The first-order chi connectivity index (χ1) is 14.7. The van der Waals surface area contributed by atoms with Gasteiger partial charge in [0.2, 0.25) is 20.0 Å². The number of hydrogen-bond acceptors (Lipinski definition) is 6. The molecule has 0 radical (unpaired) electrons. The number of sulfonamides is 2. The molecule has 2 N–H and O–H groups in total. The van der Waals surface area contributed by atoms with Crippen molar-refractivity contribution in [2.75, 3.05) is 32.6 Å². The van der Waals surface area contributed by atoms with Crippen LogP contribution in [0.3, 0.4) is 0 Å². The average Bonchev–Trinajstić information content (AvgIpc) is 2.79. The number of methoxy groups -OCH3 is 1. The summed E-state index contributed by atoms with van der Waals surface area (Å²) in [5, 5.41) is 2.63. The van der Waals surface area contributed by atoms with Crippen molar-refractivity contribution in [2.45, 2.75) is 29.1 Å². The van der Waals surface area contributed by atoms with Gasteiger partial charge in [-0.1, -0.05) is 12.5 Å². The van der Waals surface area contributed by atoms with E-state index in [0.29, 0.717) is 13.1 Å². The molecule has 1 heterocycles. The van der Waals surface area contributed by atoms with Gasteiger partial charge in [-0.05, 0) is 56.3 Å². The van der Waals surface area contributed by atoms with E-state index in [9.17, 15) is 21.6 Å². The third-order valence-corrected chi connectivity index (χ3v) is 8.35. The van der Waals surface area contributed by atoms with E-state index in [1.165, 1.54) is 60.9 Å². The van der Waals surface area contributed by atoms with Gasteiger partial charge < -0.3 is 10.1 Å². The zero-order chi connectivity index (χ0) is 22.6. The molecule has 0 saturated carbocycles. The molecular weight excluding hydrogens is 442 g/mol. The maximum absolute atomic E-state index is 13.0. The molecule has 2 aromatic carbocycles. The van der Waals surface area contributed by atoms with E-state index in [-0.39, 0.29) is 26.8 Å². The van der Waals surface area contributed by atoms with E-state index in [2.05, 4.69) is 10.0 Å². The lowest BCUT2D eigenvalue weighted by Crippen LogP contribution is -2.35. The molecule has 3 rings (SSSR count). The van der Waals surface area contributed by atoms with Crippen LogP contribution < -0.4 is 14.8 Å². The molecule has 0 unspecified atom stereocenters. The largest absolute Gasteiger partial charge is 0.495 e. The van der Waals surface area contributed by atoms with Gasteiger partial charge >= 0.3 is 0 Å². The molecule has 0 bridgehead atoms. The van der Waals surface area contributed by atoms with Gasteiger partial charge in [-0.2, -0.15) is 4.31 Å². The lowest BCUT2D eigenvalue weighted by atomic mass is 10.2. The van der Waals surface area contributed by atoms with Crippen LogP contribution >= 0.6 is 0 Å². The van der Waals surface area contributed by atoms with Crippen molar-refractivity contribution in [1.29, 1.82) is 0 Å². The fourth-order valence-corrected chi connectivity index (χ4v) is 5.64. The molecule has 0 aliphatic carbocycles. The van der Waals surface area contributed by atoms with Crippen LogP contribution in [0.4, 0.5) is 5.69 Å². The molecule has 1 saturated heterocycles. The number of benzene rings is 2. The van der Waals surface area contributed by atoms with Gasteiger partial charge in [0.15, 0.2) is 0 Å². The second-order valence-electron chi connectivity index (χ2n) is 7.02. The van der Waals surface area contributed by atoms with Crippen LogP contribution in [0.5, 0.6) is 5.75 Å². The van der Waals surface area contributed by atoms with Crippen molar-refractivity contribution in [3.8, 4) is 5.75 Å². The second kappa shape index (κ2) is 9.35. The van der Waals surface area contributed by atoms with Crippen LogP contribution in [0.1, 0.15) is 29.6 Å². The number of amides is 1. The molecule has 1 fully saturated rings. The molecule has 11 heteroatoms. The average molecular weight is 468 g/mol. The van der Waals surface area contributed by atoms with E-state index in [4.69, 9.17) is 4.74 Å². The summed E-state index contributed by atoms with van der Waals surface area (Å²) >= 11 is 0. The van der Waals surface area contributed by atoms with Gasteiger partial charge in [0, 0.05) is 18.7 Å². The minimum Gasteiger partial charge on any atom is -0.495 e. The number of piperidine rings is 1. The topological polar surface area (TPSA) is 122 Å². The van der Waals surface area contributed by atoms with Crippen LogP contribution in [0.2, 0.25) is 0 Å². The van der Waals surface area contributed by atoms with Gasteiger partial charge in [0.1, 0.15) is 5.75 Å². The molecule has 1 aliphatic rings. The van der Waals surface area contributed by atoms with E-state index in [1.807, 2.05) is 0 Å². The lowest BCUT2D eigenvalue weighted by Gasteiger charge is -2.26.